The molecule has 5 rings (SSSR count). The molecule has 72 heavy (non-hydrogen) atoms. The lowest BCUT2D eigenvalue weighted by Crippen LogP contribution is -2.37. The van der Waals surface area contributed by atoms with Gasteiger partial charge in [0.1, 0.15) is 17.7 Å². The summed E-state index contributed by atoms with van der Waals surface area (Å²) in [5.41, 5.74) is 14.1. The van der Waals surface area contributed by atoms with Gasteiger partial charge in [0, 0.05) is 22.3 Å². The Hall–Kier alpha value is -6.16. The summed E-state index contributed by atoms with van der Waals surface area (Å²) in [7, 11) is 0. The van der Waals surface area contributed by atoms with Gasteiger partial charge in [-0.15, -0.1) is 5.73 Å². The van der Waals surface area contributed by atoms with Crippen LogP contribution in [-0.4, -0.2) is 0 Å². The van der Waals surface area contributed by atoms with Gasteiger partial charge in [0.15, 0.2) is 0 Å². The second-order valence-electron chi connectivity index (χ2n) is 28.8. The van der Waals surface area contributed by atoms with Crippen molar-refractivity contribution in [3.63, 3.8) is 0 Å². The summed E-state index contributed by atoms with van der Waals surface area (Å²) in [5.74, 6) is 0. The molecule has 0 heterocycles. The van der Waals surface area contributed by atoms with Gasteiger partial charge in [-0.3, -0.25) is 0 Å². The highest BCUT2D eigenvalue weighted by Gasteiger charge is 2.56. The Bertz CT molecular complexity index is 2820. The fourth-order valence-corrected chi connectivity index (χ4v) is 9.11. The van der Waals surface area contributed by atoms with Gasteiger partial charge in [0.05, 0.1) is 12.1 Å². The lowest BCUT2D eigenvalue weighted by atomic mass is 9.55. The third-order valence-corrected chi connectivity index (χ3v) is 14.4. The van der Waals surface area contributed by atoms with Gasteiger partial charge in [-0.25, -0.2) is 0 Å². The maximum atomic E-state index is 12.0. The highest BCUT2D eigenvalue weighted by molar-refractivity contribution is 5.97. The molecule has 0 aromatic heterocycles. The smallest absolute Gasteiger partial charge is 0.196 e. The molecular formula is C68H84N4. The molecule has 4 aromatic carbocycles. The standard InChI is InChI=1S/C68H84N4/c1-60(2,3)47-25-42(26-48(33-47)61(4,5)6)55(43-27-49(62(7,8)9)34-50(28-43)63(10,11)12)37-56-58(46(38-69)39-70)59(68(56,40-71)41-72)57(44-29-51(64(13,14)15)35-52(30-44)65(16,17)18)45-31-53(66(19,20)21)36-54(32-45)67(22,23)24/h25-36H,1-24H3. The Morgan fingerprint density at radius 2 is 0.556 bits per heavy atom. The van der Waals surface area contributed by atoms with Gasteiger partial charge in [0.25, 0.3) is 0 Å². The Kier molecular flexibility index (Phi) is 14.7. The molecule has 1 fully saturated rings. The van der Waals surface area contributed by atoms with Crippen LogP contribution in [0.15, 0.2) is 101 Å². The van der Waals surface area contributed by atoms with Crippen molar-refractivity contribution in [3.8, 4) is 24.3 Å². The summed E-state index contributed by atoms with van der Waals surface area (Å²) in [5, 5.41) is 46.3. The molecule has 0 aliphatic heterocycles. The van der Waals surface area contributed by atoms with Crippen molar-refractivity contribution in [2.24, 2.45) is 5.41 Å². The quantitative estimate of drug-likeness (QED) is 0.150. The summed E-state index contributed by atoms with van der Waals surface area (Å²) in [6, 6.07) is 36.4. The normalized spacial score (nSPS) is 14.6. The Balaban J connectivity index is 2.27. The lowest BCUT2D eigenvalue weighted by Gasteiger charge is -2.41. The monoisotopic (exact) mass is 957 g/mol. The van der Waals surface area contributed by atoms with E-state index in [2.05, 4.69) is 269 Å². The summed E-state index contributed by atoms with van der Waals surface area (Å²) in [4.78, 5) is 0. The molecule has 0 atom stereocenters. The minimum atomic E-state index is -1.96. The summed E-state index contributed by atoms with van der Waals surface area (Å²) >= 11 is 0. The molecule has 0 radical (unpaired) electrons. The topological polar surface area (TPSA) is 95.2 Å². The molecule has 4 heteroatoms. The average molecular weight is 957 g/mol. The Labute approximate surface area is 436 Å². The number of nitrogens with zero attached hydrogens (tertiary/aromatic N) is 4. The highest BCUT2D eigenvalue weighted by Crippen LogP contribution is 2.60. The molecule has 4 aromatic rings. The van der Waals surface area contributed by atoms with E-state index in [4.69, 9.17) is 0 Å². The molecular weight excluding hydrogens is 873 g/mol. The van der Waals surface area contributed by atoms with Crippen LogP contribution in [-0.2, 0) is 43.3 Å². The van der Waals surface area contributed by atoms with Crippen LogP contribution in [0.2, 0.25) is 0 Å². The van der Waals surface area contributed by atoms with E-state index >= 15 is 0 Å². The first kappa shape index (κ1) is 56.8. The summed E-state index contributed by atoms with van der Waals surface area (Å²) < 4.78 is 0. The molecule has 0 unspecified atom stereocenters. The number of benzene rings is 4. The number of hydrogen-bond donors (Lipinski definition) is 0. The van der Waals surface area contributed by atoms with Crippen LogP contribution in [0.25, 0.3) is 11.1 Å². The van der Waals surface area contributed by atoms with Gasteiger partial charge in [-0.2, -0.15) is 21.0 Å². The van der Waals surface area contributed by atoms with Crippen LogP contribution >= 0.6 is 0 Å². The summed E-state index contributed by atoms with van der Waals surface area (Å²) in [6.07, 6.45) is 0. The van der Waals surface area contributed by atoms with E-state index in [9.17, 15) is 21.0 Å². The maximum Gasteiger partial charge on any atom is 0.202 e. The van der Waals surface area contributed by atoms with Crippen molar-refractivity contribution in [3.05, 3.63) is 168 Å². The Morgan fingerprint density at radius 3 is 0.750 bits per heavy atom. The van der Waals surface area contributed by atoms with Crippen LogP contribution in [0, 0.1) is 50.7 Å². The molecule has 4 nitrogen and oxygen atoms in total. The fourth-order valence-electron chi connectivity index (χ4n) is 9.11. The van der Waals surface area contributed by atoms with E-state index in [1.54, 1.807) is 0 Å². The van der Waals surface area contributed by atoms with Crippen LogP contribution in [0.3, 0.4) is 0 Å². The van der Waals surface area contributed by atoms with E-state index in [1.165, 1.54) is 0 Å². The van der Waals surface area contributed by atoms with Crippen molar-refractivity contribution in [2.75, 3.05) is 0 Å². The largest absolute Gasteiger partial charge is 0.202 e. The van der Waals surface area contributed by atoms with E-state index in [-0.39, 0.29) is 60.0 Å². The molecule has 1 saturated carbocycles. The molecule has 0 amide bonds. The van der Waals surface area contributed by atoms with E-state index < -0.39 is 5.41 Å². The number of hydrogen-bond acceptors (Lipinski definition) is 4. The zero-order chi connectivity index (χ0) is 54.9. The molecule has 1 aliphatic rings. The first-order valence-corrected chi connectivity index (χ1v) is 25.8. The van der Waals surface area contributed by atoms with Gasteiger partial charge in [-0.05, 0) is 140 Å². The van der Waals surface area contributed by atoms with E-state index in [0.717, 1.165) is 66.8 Å². The molecule has 1 aliphatic carbocycles. The molecule has 0 spiro atoms. The number of rotatable bonds is 4. The molecule has 0 saturated heterocycles. The van der Waals surface area contributed by atoms with Crippen molar-refractivity contribution in [1.82, 2.24) is 0 Å². The predicted octanol–water partition coefficient (Wildman–Crippen LogP) is 17.9. The first-order chi connectivity index (χ1) is 32.5. The molecule has 376 valence electrons. The molecule has 0 N–H and O–H groups in total. The van der Waals surface area contributed by atoms with Crippen LogP contribution < -0.4 is 0 Å². The van der Waals surface area contributed by atoms with Gasteiger partial charge >= 0.3 is 0 Å². The first-order valence-electron chi connectivity index (χ1n) is 25.8. The van der Waals surface area contributed by atoms with Crippen molar-refractivity contribution in [1.29, 1.82) is 21.0 Å². The van der Waals surface area contributed by atoms with Crippen LogP contribution in [0.4, 0.5) is 0 Å². The lowest BCUT2D eigenvalue weighted by molar-refractivity contribution is 0.567. The fraction of sp³-hybridized carbons (Fsp3) is 0.485. The average Bonchev–Trinajstić information content (AvgIpc) is 3.23. The van der Waals surface area contributed by atoms with E-state index in [1.807, 2.05) is 0 Å². The van der Waals surface area contributed by atoms with Crippen molar-refractivity contribution >= 4 is 11.1 Å². The Morgan fingerprint density at radius 1 is 0.333 bits per heavy atom. The number of nitriles is 4. The third-order valence-electron chi connectivity index (χ3n) is 14.4. The zero-order valence-electron chi connectivity index (χ0n) is 48.7. The highest BCUT2D eigenvalue weighted by atomic mass is 14.6. The van der Waals surface area contributed by atoms with Gasteiger partial charge in [0.2, 0.25) is 5.41 Å². The predicted molar refractivity (Wildman–Crippen MR) is 303 cm³/mol. The molecule has 0 bridgehead atoms. The van der Waals surface area contributed by atoms with Crippen LogP contribution in [0.1, 0.15) is 233 Å². The van der Waals surface area contributed by atoms with Gasteiger partial charge < -0.3 is 0 Å². The van der Waals surface area contributed by atoms with E-state index in [0.29, 0.717) is 16.7 Å². The van der Waals surface area contributed by atoms with Crippen molar-refractivity contribution < 1.29 is 0 Å². The second kappa shape index (κ2) is 18.7. The maximum absolute atomic E-state index is 12.0. The van der Waals surface area contributed by atoms with Crippen LogP contribution in [0.5, 0.6) is 0 Å². The SMILES string of the molecule is CC(C)(C)c1cc(C(=C=C2C(=C(C#N)C#N)C(=C(c3cc(C(C)(C)C)cc(C(C)(C)C)c3)c3cc(C(C)(C)C)cc(C(C)(C)C)c3)C2(C#N)C#N)c2cc(C(C)(C)C)cc(C(C)(C)C)c2)cc(C(C)(C)C)c1. The third kappa shape index (κ3) is 11.5. The van der Waals surface area contributed by atoms with Gasteiger partial charge in [-0.1, -0.05) is 215 Å². The summed E-state index contributed by atoms with van der Waals surface area (Å²) in [6.45, 7) is 52.9. The minimum Gasteiger partial charge on any atom is -0.196 e. The zero-order valence-corrected chi connectivity index (χ0v) is 48.7. The minimum absolute atomic E-state index is 0.172. The van der Waals surface area contributed by atoms with Crippen molar-refractivity contribution in [2.45, 2.75) is 209 Å². The second-order valence-corrected chi connectivity index (χ2v) is 28.8. The number of allylic oxidation sites excluding steroid dienone is 4.